The Kier molecular flexibility index (Phi) is 7.60. The number of rotatable bonds is 7. The summed E-state index contributed by atoms with van der Waals surface area (Å²) in [6, 6.07) is 1.30. The molecular formula is C22H31FN2O5. The van der Waals surface area contributed by atoms with Crippen LogP contribution in [0.3, 0.4) is 0 Å². The lowest BCUT2D eigenvalue weighted by atomic mass is 9.95. The van der Waals surface area contributed by atoms with Crippen LogP contribution >= 0.6 is 0 Å². The summed E-state index contributed by atoms with van der Waals surface area (Å²) in [6.45, 7) is 6.33. The predicted molar refractivity (Wildman–Crippen MR) is 115 cm³/mol. The highest BCUT2D eigenvalue weighted by Crippen LogP contribution is 2.40. The van der Waals surface area contributed by atoms with Gasteiger partial charge in [0.1, 0.15) is 11.4 Å². The van der Waals surface area contributed by atoms with Gasteiger partial charge in [-0.25, -0.2) is 9.18 Å². The molecule has 0 bridgehead atoms. The fourth-order valence-electron chi connectivity index (χ4n) is 3.81. The molecule has 3 N–H and O–H groups in total. The number of aromatic carboxylic acids is 1. The minimum absolute atomic E-state index is 0.0629. The van der Waals surface area contributed by atoms with Crippen LogP contribution in [-0.2, 0) is 0 Å². The number of aromatic nitrogens is 1. The Morgan fingerprint density at radius 1 is 1.30 bits per heavy atom. The number of aliphatic hydroxyl groups is 2. The maximum Gasteiger partial charge on any atom is 0.341 e. The molecule has 0 spiro atoms. The van der Waals surface area contributed by atoms with Crippen molar-refractivity contribution >= 4 is 22.6 Å². The Morgan fingerprint density at radius 3 is 2.40 bits per heavy atom. The van der Waals surface area contributed by atoms with Crippen molar-refractivity contribution in [1.82, 2.24) is 4.57 Å². The van der Waals surface area contributed by atoms with E-state index < -0.39 is 17.2 Å². The van der Waals surface area contributed by atoms with Crippen LogP contribution < -0.4 is 10.3 Å². The summed E-state index contributed by atoms with van der Waals surface area (Å²) in [5.41, 5.74) is 0.648. The van der Waals surface area contributed by atoms with Crippen LogP contribution in [-0.4, -0.2) is 53.2 Å². The molecule has 166 valence electrons. The van der Waals surface area contributed by atoms with Crippen molar-refractivity contribution in [3.8, 4) is 0 Å². The van der Waals surface area contributed by atoms with Crippen LogP contribution in [0.4, 0.5) is 10.1 Å². The number of nitrogens with zero attached hydrogens (tertiary/aromatic N) is 2. The third-order valence-electron chi connectivity index (χ3n) is 5.85. The minimum Gasteiger partial charge on any atom is -0.477 e. The van der Waals surface area contributed by atoms with Gasteiger partial charge in [0.15, 0.2) is 0 Å². The first-order valence-corrected chi connectivity index (χ1v) is 10.0. The van der Waals surface area contributed by atoms with E-state index in [1.54, 1.807) is 14.0 Å². The summed E-state index contributed by atoms with van der Waals surface area (Å²) in [5.74, 6) is -1.62. The average Bonchev–Trinajstić information content (AvgIpc) is 3.54. The summed E-state index contributed by atoms with van der Waals surface area (Å²) in [6.07, 6.45) is 3.21. The molecule has 1 aromatic carbocycles. The number of aryl methyl sites for hydroxylation is 1. The SMILES string of the molecule is CO.Cc1c(N(C)CC(C)C(C)CO)c(F)cc2c(=O)c(C(=O)O)cn(C3CC3)c12. The molecule has 0 saturated heterocycles. The highest BCUT2D eigenvalue weighted by atomic mass is 19.1. The number of carbonyl (C=O) groups is 1. The Bertz CT molecular complexity index is 984. The first kappa shape index (κ1) is 23.8. The molecule has 2 unspecified atom stereocenters. The van der Waals surface area contributed by atoms with Gasteiger partial charge >= 0.3 is 5.97 Å². The normalized spacial score (nSPS) is 15.3. The second-order valence-corrected chi connectivity index (χ2v) is 8.06. The Hall–Kier alpha value is -2.45. The number of pyridine rings is 1. The smallest absolute Gasteiger partial charge is 0.341 e. The standard InChI is InChI=1S/C21H27FN2O4.CH4O/c1-11(12(2)10-25)8-23(4)19-13(3)18-15(7-17(19)22)20(26)16(21(27)28)9-24(18)14-5-6-14;1-2/h7,9,11-12,14,25H,5-6,8,10H2,1-4H3,(H,27,28);2H,1H3. The number of hydrogen-bond acceptors (Lipinski definition) is 5. The lowest BCUT2D eigenvalue weighted by Gasteiger charge is -2.29. The molecular weight excluding hydrogens is 391 g/mol. The highest BCUT2D eigenvalue weighted by Gasteiger charge is 2.29. The molecule has 3 rings (SSSR count). The molecule has 1 heterocycles. The van der Waals surface area contributed by atoms with E-state index in [-0.39, 0.29) is 35.4 Å². The van der Waals surface area contributed by atoms with E-state index in [1.165, 1.54) is 12.3 Å². The van der Waals surface area contributed by atoms with Gasteiger partial charge in [-0.3, -0.25) is 4.79 Å². The van der Waals surface area contributed by atoms with Gasteiger partial charge in [0.05, 0.1) is 11.2 Å². The van der Waals surface area contributed by atoms with Crippen molar-refractivity contribution in [3.63, 3.8) is 0 Å². The van der Waals surface area contributed by atoms with Crippen LogP contribution in [0.25, 0.3) is 10.9 Å². The molecule has 1 aliphatic carbocycles. The van der Waals surface area contributed by atoms with Crippen LogP contribution in [0.2, 0.25) is 0 Å². The molecule has 7 nitrogen and oxygen atoms in total. The third-order valence-corrected chi connectivity index (χ3v) is 5.85. The van der Waals surface area contributed by atoms with Crippen LogP contribution in [0.15, 0.2) is 17.1 Å². The average molecular weight is 422 g/mol. The van der Waals surface area contributed by atoms with Gasteiger partial charge < -0.3 is 24.8 Å². The van der Waals surface area contributed by atoms with Crippen molar-refractivity contribution < 1.29 is 24.5 Å². The maximum absolute atomic E-state index is 15.0. The van der Waals surface area contributed by atoms with E-state index in [0.29, 0.717) is 23.3 Å². The molecule has 1 aliphatic rings. The molecule has 2 aromatic rings. The number of carboxylic acids is 1. The van der Waals surface area contributed by atoms with E-state index in [1.807, 2.05) is 23.3 Å². The van der Waals surface area contributed by atoms with E-state index in [9.17, 15) is 19.8 Å². The van der Waals surface area contributed by atoms with E-state index in [2.05, 4.69) is 0 Å². The van der Waals surface area contributed by atoms with E-state index >= 15 is 4.39 Å². The molecule has 0 amide bonds. The largest absolute Gasteiger partial charge is 0.477 e. The number of halogens is 1. The van der Waals surface area contributed by atoms with Crippen LogP contribution in [0.5, 0.6) is 0 Å². The summed E-state index contributed by atoms with van der Waals surface area (Å²) < 4.78 is 16.9. The zero-order valence-electron chi connectivity index (χ0n) is 18.1. The zero-order valence-corrected chi connectivity index (χ0v) is 18.1. The van der Waals surface area contributed by atoms with Gasteiger partial charge in [-0.1, -0.05) is 13.8 Å². The minimum atomic E-state index is -1.30. The van der Waals surface area contributed by atoms with E-state index in [4.69, 9.17) is 5.11 Å². The number of benzene rings is 1. The quantitative estimate of drug-likeness (QED) is 0.634. The molecule has 2 atom stereocenters. The fourth-order valence-corrected chi connectivity index (χ4v) is 3.81. The van der Waals surface area contributed by atoms with Crippen molar-refractivity contribution in [1.29, 1.82) is 0 Å². The fraction of sp³-hybridized carbons (Fsp3) is 0.545. The molecule has 1 saturated carbocycles. The van der Waals surface area contributed by atoms with Crippen molar-refractivity contribution in [2.24, 2.45) is 11.8 Å². The summed E-state index contributed by atoms with van der Waals surface area (Å²) in [7, 11) is 2.79. The van der Waals surface area contributed by atoms with Crippen molar-refractivity contribution in [3.05, 3.63) is 39.4 Å². The maximum atomic E-state index is 15.0. The lowest BCUT2D eigenvalue weighted by Crippen LogP contribution is -2.30. The van der Waals surface area contributed by atoms with Gasteiger partial charge in [-0.2, -0.15) is 0 Å². The number of aliphatic hydroxyl groups excluding tert-OH is 2. The van der Waals surface area contributed by atoms with Gasteiger partial charge in [0.2, 0.25) is 5.43 Å². The second kappa shape index (κ2) is 9.57. The Balaban J connectivity index is 0.00000155. The van der Waals surface area contributed by atoms with Crippen molar-refractivity contribution in [2.75, 3.05) is 32.2 Å². The lowest BCUT2D eigenvalue weighted by molar-refractivity contribution is 0.0694. The molecule has 1 fully saturated rings. The number of fused-ring (bicyclic) bond motifs is 1. The predicted octanol–water partition coefficient (Wildman–Crippen LogP) is 2.79. The topological polar surface area (TPSA) is 103 Å². The Morgan fingerprint density at radius 2 is 1.90 bits per heavy atom. The van der Waals surface area contributed by atoms with Gasteiger partial charge in [-0.05, 0) is 43.2 Å². The van der Waals surface area contributed by atoms with E-state index in [0.717, 1.165) is 20.0 Å². The highest BCUT2D eigenvalue weighted by molar-refractivity contribution is 5.95. The molecule has 0 aliphatic heterocycles. The molecule has 1 aromatic heterocycles. The Labute approximate surface area is 175 Å². The number of hydrogen-bond donors (Lipinski definition) is 3. The molecule has 30 heavy (non-hydrogen) atoms. The zero-order chi connectivity index (χ0) is 22.7. The third kappa shape index (κ3) is 4.49. The van der Waals surface area contributed by atoms with Crippen LogP contribution in [0, 0.1) is 24.6 Å². The summed E-state index contributed by atoms with van der Waals surface area (Å²) in [4.78, 5) is 26.0. The first-order valence-electron chi connectivity index (χ1n) is 10.0. The molecule has 8 heteroatoms. The van der Waals surface area contributed by atoms with Crippen molar-refractivity contribution in [2.45, 2.75) is 39.7 Å². The monoisotopic (exact) mass is 422 g/mol. The summed E-state index contributed by atoms with van der Waals surface area (Å²) in [5, 5.41) is 25.8. The summed E-state index contributed by atoms with van der Waals surface area (Å²) >= 11 is 0. The van der Waals surface area contributed by atoms with Gasteiger partial charge in [0.25, 0.3) is 0 Å². The second-order valence-electron chi connectivity index (χ2n) is 8.06. The van der Waals surface area contributed by atoms with Crippen LogP contribution in [0.1, 0.15) is 48.7 Å². The number of anilines is 1. The first-order chi connectivity index (χ1) is 14.2. The van der Waals surface area contributed by atoms with Gasteiger partial charge in [0, 0.05) is 44.9 Å². The number of carboxylic acid groups (broad SMARTS) is 1. The van der Waals surface area contributed by atoms with Gasteiger partial charge in [-0.15, -0.1) is 0 Å². The molecule has 0 radical (unpaired) electrons.